The second-order valence-electron chi connectivity index (χ2n) is 13.9. The summed E-state index contributed by atoms with van der Waals surface area (Å²) in [5.41, 5.74) is 3.54. The first-order valence-corrected chi connectivity index (χ1v) is 17.1. The molecule has 234 valence electrons. The van der Waals surface area contributed by atoms with Crippen molar-refractivity contribution in [3.63, 3.8) is 0 Å². The highest BCUT2D eigenvalue weighted by atomic mass is 16.5. The fourth-order valence-electron chi connectivity index (χ4n) is 6.29. The Kier molecular flexibility index (Phi) is 11.0. The Hall–Kier alpha value is -3.40. The smallest absolute Gasteiger partial charge is 0.163 e. The van der Waals surface area contributed by atoms with Gasteiger partial charge in [-0.2, -0.15) is 0 Å². The van der Waals surface area contributed by atoms with Gasteiger partial charge >= 0.3 is 0 Å². The van der Waals surface area contributed by atoms with Gasteiger partial charge in [0.25, 0.3) is 0 Å². The number of rotatable bonds is 16. The number of fused-ring (bicyclic) bond motifs is 7. The molecular weight excluding hydrogens is 540 g/mol. The molecule has 1 heterocycles. The van der Waals surface area contributed by atoms with Crippen molar-refractivity contribution in [3.05, 3.63) is 60.7 Å². The van der Waals surface area contributed by atoms with Gasteiger partial charge in [-0.3, -0.25) is 0 Å². The predicted octanol–water partition coefficient (Wildman–Crippen LogP) is 11.6. The van der Waals surface area contributed by atoms with Crippen LogP contribution in [0.5, 0.6) is 11.5 Å². The van der Waals surface area contributed by atoms with Crippen LogP contribution in [0, 0.1) is 23.7 Å². The van der Waals surface area contributed by atoms with E-state index in [2.05, 4.69) is 102 Å². The van der Waals surface area contributed by atoms with Crippen LogP contribution in [-0.4, -0.2) is 23.2 Å². The molecule has 4 aromatic carbocycles. The van der Waals surface area contributed by atoms with Crippen LogP contribution >= 0.6 is 0 Å². The van der Waals surface area contributed by atoms with E-state index in [1.54, 1.807) is 0 Å². The van der Waals surface area contributed by atoms with Crippen LogP contribution in [-0.2, 0) is 0 Å². The van der Waals surface area contributed by atoms with Crippen molar-refractivity contribution in [2.45, 2.75) is 92.9 Å². The summed E-state index contributed by atoms with van der Waals surface area (Å²) in [7, 11) is 0. The zero-order valence-corrected chi connectivity index (χ0v) is 27.9. The fourth-order valence-corrected chi connectivity index (χ4v) is 6.29. The minimum atomic E-state index is 0.633. The minimum absolute atomic E-state index is 0.633. The average Bonchev–Trinajstić information content (AvgIpc) is 3.00. The third kappa shape index (κ3) is 8.00. The summed E-state index contributed by atoms with van der Waals surface area (Å²) >= 11 is 0. The lowest BCUT2D eigenvalue weighted by Crippen LogP contribution is -2.08. The molecule has 0 bridgehead atoms. The Labute approximate surface area is 264 Å². The van der Waals surface area contributed by atoms with Crippen LogP contribution in [0.2, 0.25) is 0 Å². The first kappa shape index (κ1) is 32.0. The highest BCUT2D eigenvalue weighted by molar-refractivity contribution is 6.23. The van der Waals surface area contributed by atoms with Crippen molar-refractivity contribution in [1.82, 2.24) is 9.97 Å². The molecule has 4 heteroatoms. The molecule has 0 amide bonds. The normalized spacial score (nSPS) is 13.5. The van der Waals surface area contributed by atoms with Gasteiger partial charge in [-0.25, -0.2) is 9.97 Å². The van der Waals surface area contributed by atoms with Gasteiger partial charge in [-0.15, -0.1) is 0 Å². The van der Waals surface area contributed by atoms with Crippen LogP contribution in [0.3, 0.4) is 0 Å². The zero-order chi connectivity index (χ0) is 31.1. The molecule has 0 saturated carbocycles. The van der Waals surface area contributed by atoms with Crippen LogP contribution in [0.15, 0.2) is 60.7 Å². The monoisotopic (exact) mass is 592 g/mol. The summed E-state index contributed by atoms with van der Waals surface area (Å²) in [4.78, 5) is 10.4. The highest BCUT2D eigenvalue weighted by Crippen LogP contribution is 2.37. The van der Waals surface area contributed by atoms with E-state index < -0.39 is 0 Å². The quantitative estimate of drug-likeness (QED) is 0.0844. The Morgan fingerprint density at radius 1 is 0.500 bits per heavy atom. The van der Waals surface area contributed by atoms with Gasteiger partial charge in [0.05, 0.1) is 35.3 Å². The molecule has 0 fully saturated rings. The standard InChI is InChI=1S/C40H52N2O2/c1-27(2)13-11-15-29(5)21-23-43-37-25-35-36(26-38(37)44-24-22-30(6)16-12-14-28(3)4)42-40-34-20-10-8-18-32(34)31-17-7-9-19-33(31)39(40)41-35/h7-10,17-20,25-30H,11-16,21-24H2,1-6H3. The van der Waals surface area contributed by atoms with Crippen LogP contribution in [0.25, 0.3) is 43.6 Å². The summed E-state index contributed by atoms with van der Waals surface area (Å²) in [5.74, 6) is 4.35. The molecule has 2 unspecified atom stereocenters. The Morgan fingerprint density at radius 3 is 1.27 bits per heavy atom. The maximum Gasteiger partial charge on any atom is 0.163 e. The molecule has 5 rings (SSSR count). The van der Waals surface area contributed by atoms with Gasteiger partial charge in [0.15, 0.2) is 11.5 Å². The van der Waals surface area contributed by atoms with Crippen molar-refractivity contribution in [1.29, 1.82) is 0 Å². The largest absolute Gasteiger partial charge is 0.490 e. The first-order valence-electron chi connectivity index (χ1n) is 17.1. The molecule has 2 atom stereocenters. The van der Waals surface area contributed by atoms with Crippen molar-refractivity contribution in [2.75, 3.05) is 13.2 Å². The van der Waals surface area contributed by atoms with Crippen molar-refractivity contribution in [3.8, 4) is 11.5 Å². The van der Waals surface area contributed by atoms with Crippen LogP contribution in [0.1, 0.15) is 92.9 Å². The number of hydrogen-bond donors (Lipinski definition) is 0. The van der Waals surface area contributed by atoms with E-state index in [1.165, 1.54) is 49.3 Å². The number of aromatic nitrogens is 2. The first-order chi connectivity index (χ1) is 21.3. The van der Waals surface area contributed by atoms with Gasteiger partial charge in [0.2, 0.25) is 0 Å². The third-order valence-corrected chi connectivity index (χ3v) is 9.08. The van der Waals surface area contributed by atoms with E-state index in [0.29, 0.717) is 25.0 Å². The maximum absolute atomic E-state index is 6.47. The average molecular weight is 593 g/mol. The summed E-state index contributed by atoms with van der Waals surface area (Å²) in [6, 6.07) is 21.1. The highest BCUT2D eigenvalue weighted by Gasteiger charge is 2.16. The van der Waals surface area contributed by atoms with Crippen LogP contribution < -0.4 is 9.47 Å². The molecule has 0 aliphatic rings. The number of ether oxygens (including phenoxy) is 2. The second kappa shape index (κ2) is 15.1. The molecule has 1 aromatic heterocycles. The molecule has 0 radical (unpaired) electrons. The van der Waals surface area contributed by atoms with Crippen LogP contribution in [0.4, 0.5) is 0 Å². The van der Waals surface area contributed by atoms with Crippen molar-refractivity contribution >= 4 is 43.6 Å². The minimum Gasteiger partial charge on any atom is -0.490 e. The van der Waals surface area contributed by atoms with E-state index in [1.807, 2.05) is 0 Å². The van der Waals surface area contributed by atoms with Gasteiger partial charge in [0.1, 0.15) is 0 Å². The van der Waals surface area contributed by atoms with Crippen molar-refractivity contribution < 1.29 is 9.47 Å². The molecule has 0 N–H and O–H groups in total. The lowest BCUT2D eigenvalue weighted by atomic mass is 9.97. The molecule has 0 saturated heterocycles. The zero-order valence-electron chi connectivity index (χ0n) is 27.9. The van der Waals surface area contributed by atoms with Gasteiger partial charge in [-0.05, 0) is 47.3 Å². The Morgan fingerprint density at radius 2 is 0.886 bits per heavy atom. The molecule has 5 aromatic rings. The summed E-state index contributed by atoms with van der Waals surface area (Å²) < 4.78 is 12.9. The molecular formula is C40H52N2O2. The van der Waals surface area contributed by atoms with Gasteiger partial charge < -0.3 is 9.47 Å². The van der Waals surface area contributed by atoms with E-state index in [9.17, 15) is 0 Å². The van der Waals surface area contributed by atoms with E-state index in [-0.39, 0.29) is 0 Å². The molecule has 44 heavy (non-hydrogen) atoms. The number of hydrogen-bond acceptors (Lipinski definition) is 4. The second-order valence-corrected chi connectivity index (χ2v) is 13.9. The summed E-state index contributed by atoms with van der Waals surface area (Å²) in [6.07, 6.45) is 9.70. The lowest BCUT2D eigenvalue weighted by molar-refractivity contribution is 0.237. The lowest BCUT2D eigenvalue weighted by Gasteiger charge is -2.18. The van der Waals surface area contributed by atoms with E-state index >= 15 is 0 Å². The fraction of sp³-hybridized carbons (Fsp3) is 0.500. The molecule has 0 aliphatic heterocycles. The van der Waals surface area contributed by atoms with E-state index in [0.717, 1.165) is 69.0 Å². The van der Waals surface area contributed by atoms with Gasteiger partial charge in [0, 0.05) is 22.9 Å². The Bertz CT molecular complexity index is 1550. The Balaban J connectivity index is 1.43. The third-order valence-electron chi connectivity index (χ3n) is 9.08. The van der Waals surface area contributed by atoms with Gasteiger partial charge in [-0.1, -0.05) is 129 Å². The summed E-state index contributed by atoms with van der Waals surface area (Å²) in [5, 5.41) is 4.66. The van der Waals surface area contributed by atoms with E-state index in [4.69, 9.17) is 19.4 Å². The topological polar surface area (TPSA) is 44.2 Å². The molecule has 0 spiro atoms. The predicted molar refractivity (Wildman–Crippen MR) is 188 cm³/mol. The summed E-state index contributed by atoms with van der Waals surface area (Å²) in [6.45, 7) is 15.2. The number of nitrogens with zero attached hydrogens (tertiary/aromatic N) is 2. The maximum atomic E-state index is 6.47. The molecule has 4 nitrogen and oxygen atoms in total. The molecule has 0 aliphatic carbocycles. The number of benzene rings is 4. The van der Waals surface area contributed by atoms with Crippen molar-refractivity contribution in [2.24, 2.45) is 23.7 Å². The SMILES string of the molecule is CC(C)CCCC(C)CCOc1cc2nc3c4ccccc4c4ccccc4c3nc2cc1OCCC(C)CCCC(C)C.